The zero-order valence-electron chi connectivity index (χ0n) is 26.9. The Hall–Kier alpha value is -4.96. The van der Waals surface area contributed by atoms with Crippen molar-refractivity contribution < 1.29 is 42.3 Å². The van der Waals surface area contributed by atoms with Gasteiger partial charge in [0.15, 0.2) is 28.8 Å². The van der Waals surface area contributed by atoms with Crippen molar-refractivity contribution >= 4 is 51.0 Å². The Kier molecular flexibility index (Phi) is 10.4. The van der Waals surface area contributed by atoms with Crippen LogP contribution in [-0.2, 0) is 25.5 Å². The number of benzene rings is 1. The zero-order chi connectivity index (χ0) is 34.5. The lowest BCUT2D eigenvalue weighted by molar-refractivity contribution is -0.131. The number of nitrogens with zero attached hydrogens (tertiary/aromatic N) is 3. The molecule has 5 atom stereocenters. The molecule has 0 bridgehead atoms. The van der Waals surface area contributed by atoms with Gasteiger partial charge >= 0.3 is 6.09 Å². The zero-order valence-corrected chi connectivity index (χ0v) is 27.7. The normalized spacial score (nSPS) is 19.3. The summed E-state index contributed by atoms with van der Waals surface area (Å²) in [5.41, 5.74) is 0.648. The number of aryl methyl sites for hydroxylation is 2. The SMILES string of the molecule is Cc1nc(OC(=O)N[C@H](C(=O)C[C@@H](Cc2cnc(C)o2)C(=O)N[C@@H](C[C@@H]2CCNC2=O)C(=O)c2nc3ccccc3s2)C2CCOC2)co1. The molecule has 2 aliphatic heterocycles. The molecule has 2 fully saturated rings. The van der Waals surface area contributed by atoms with Gasteiger partial charge in [-0.1, -0.05) is 12.1 Å². The first-order valence-electron chi connectivity index (χ1n) is 16.0. The summed E-state index contributed by atoms with van der Waals surface area (Å²) in [7, 11) is 0. The predicted octanol–water partition coefficient (Wildman–Crippen LogP) is 3.09. The van der Waals surface area contributed by atoms with Gasteiger partial charge in [-0.15, -0.1) is 11.3 Å². The smallest absolute Gasteiger partial charge is 0.414 e. The van der Waals surface area contributed by atoms with Crippen LogP contribution in [0.1, 0.15) is 53.0 Å². The van der Waals surface area contributed by atoms with Crippen LogP contribution in [0, 0.1) is 31.6 Å². The van der Waals surface area contributed by atoms with Crippen LogP contribution >= 0.6 is 11.3 Å². The number of oxazole rings is 2. The number of fused-ring (bicyclic) bond motifs is 1. The van der Waals surface area contributed by atoms with Crippen molar-refractivity contribution in [3.05, 3.63) is 59.3 Å². The average Bonchev–Trinajstić information content (AvgIpc) is 3.92. The molecule has 0 saturated carbocycles. The van der Waals surface area contributed by atoms with Crippen molar-refractivity contribution in [3.8, 4) is 5.88 Å². The molecular formula is C33H36N6O9S. The predicted molar refractivity (Wildman–Crippen MR) is 173 cm³/mol. The highest BCUT2D eigenvalue weighted by Gasteiger charge is 2.38. The van der Waals surface area contributed by atoms with E-state index in [1.807, 2.05) is 18.2 Å². The molecule has 2 saturated heterocycles. The van der Waals surface area contributed by atoms with Gasteiger partial charge in [-0.25, -0.2) is 14.8 Å². The van der Waals surface area contributed by atoms with Crippen molar-refractivity contribution in [2.45, 2.75) is 58.0 Å². The molecule has 16 heteroatoms. The fraction of sp³-hybridized carbons (Fsp3) is 0.455. The summed E-state index contributed by atoms with van der Waals surface area (Å²) in [6.07, 6.45) is 2.48. The molecule has 5 heterocycles. The van der Waals surface area contributed by atoms with Gasteiger partial charge in [0, 0.05) is 51.7 Å². The minimum atomic E-state index is -1.09. The standard InChI is InChI=1S/C33H36N6O9S/c1-17-35-14-22(47-17)11-21(13-25(40)28(20-8-10-45-15-20)39-33(44)48-27-16-46-18(2)36-27)31(43)37-24(12-19-7-9-34-30(19)42)29(41)32-38-23-5-3-4-6-26(23)49-32/h3-6,14,16,19-21,24,28H,7-13,15H2,1-2H3,(H,34,42)(H,37,43)(H,39,44)/t19-,20?,21+,24-,28-/m0/s1. The molecule has 3 amide bonds. The Morgan fingerprint density at radius 3 is 2.61 bits per heavy atom. The number of hydrogen-bond acceptors (Lipinski definition) is 13. The second kappa shape index (κ2) is 15.1. The molecule has 4 aromatic rings. The van der Waals surface area contributed by atoms with Crippen molar-refractivity contribution in [2.75, 3.05) is 19.8 Å². The number of Topliss-reactive ketones (excluding diaryl/α,β-unsaturated/α-hetero) is 2. The lowest BCUT2D eigenvalue weighted by Crippen LogP contribution is -2.50. The summed E-state index contributed by atoms with van der Waals surface area (Å²) < 4.78 is 22.3. The van der Waals surface area contributed by atoms with Gasteiger partial charge in [0.25, 0.3) is 5.88 Å². The van der Waals surface area contributed by atoms with E-state index in [1.165, 1.54) is 23.8 Å². The Bertz CT molecular complexity index is 1810. The second-order valence-corrected chi connectivity index (χ2v) is 13.2. The van der Waals surface area contributed by atoms with Crippen LogP contribution in [0.2, 0.25) is 0 Å². The van der Waals surface area contributed by atoms with Crippen molar-refractivity contribution in [1.29, 1.82) is 0 Å². The van der Waals surface area contributed by atoms with Gasteiger partial charge in [0.1, 0.15) is 5.76 Å². The first-order valence-corrected chi connectivity index (χ1v) is 16.8. The molecule has 49 heavy (non-hydrogen) atoms. The van der Waals surface area contributed by atoms with Crippen LogP contribution in [0.5, 0.6) is 5.88 Å². The van der Waals surface area contributed by atoms with Gasteiger partial charge in [-0.3, -0.25) is 19.2 Å². The van der Waals surface area contributed by atoms with E-state index in [2.05, 4.69) is 30.9 Å². The number of carbonyl (C=O) groups excluding carboxylic acids is 5. The fourth-order valence-corrected chi connectivity index (χ4v) is 7.05. The van der Waals surface area contributed by atoms with Crippen LogP contribution in [0.4, 0.5) is 4.79 Å². The average molecular weight is 693 g/mol. The number of thiazole rings is 1. The van der Waals surface area contributed by atoms with Gasteiger partial charge in [-0.2, -0.15) is 4.98 Å². The van der Waals surface area contributed by atoms with Gasteiger partial charge in [-0.05, 0) is 31.4 Å². The molecule has 15 nitrogen and oxygen atoms in total. The summed E-state index contributed by atoms with van der Waals surface area (Å²) >= 11 is 1.21. The number of carbonyl (C=O) groups is 5. The highest BCUT2D eigenvalue weighted by molar-refractivity contribution is 7.20. The molecule has 1 aromatic carbocycles. The van der Waals surface area contributed by atoms with Crippen LogP contribution in [0.25, 0.3) is 10.2 Å². The monoisotopic (exact) mass is 692 g/mol. The number of amides is 3. The third-order valence-electron chi connectivity index (χ3n) is 8.61. The molecule has 0 spiro atoms. The van der Waals surface area contributed by atoms with Crippen molar-refractivity contribution in [3.63, 3.8) is 0 Å². The second-order valence-electron chi connectivity index (χ2n) is 12.2. The number of ketones is 2. The lowest BCUT2D eigenvalue weighted by atomic mass is 9.87. The Balaban J connectivity index is 1.23. The maximum Gasteiger partial charge on any atom is 0.414 e. The summed E-state index contributed by atoms with van der Waals surface area (Å²) in [6.45, 7) is 4.34. The van der Waals surface area contributed by atoms with Gasteiger partial charge in [0.05, 0.1) is 41.0 Å². The maximum absolute atomic E-state index is 14.1. The third-order valence-corrected chi connectivity index (χ3v) is 9.66. The van der Waals surface area contributed by atoms with Gasteiger partial charge in [0.2, 0.25) is 17.6 Å². The summed E-state index contributed by atoms with van der Waals surface area (Å²) in [4.78, 5) is 80.0. The molecule has 258 valence electrons. The molecule has 0 aliphatic carbocycles. The Morgan fingerprint density at radius 2 is 1.94 bits per heavy atom. The number of ether oxygens (including phenoxy) is 2. The van der Waals surface area contributed by atoms with E-state index in [1.54, 1.807) is 19.9 Å². The number of para-hydroxylation sites is 1. The molecule has 0 radical (unpaired) electrons. The lowest BCUT2D eigenvalue weighted by Gasteiger charge is -2.25. The molecule has 6 rings (SSSR count). The number of nitrogens with one attached hydrogen (secondary N) is 3. The van der Waals surface area contributed by atoms with Crippen LogP contribution < -0.4 is 20.7 Å². The number of aromatic nitrogens is 3. The van der Waals surface area contributed by atoms with E-state index in [4.69, 9.17) is 18.3 Å². The molecule has 3 N–H and O–H groups in total. The highest BCUT2D eigenvalue weighted by atomic mass is 32.1. The third kappa shape index (κ3) is 8.37. The largest absolute Gasteiger partial charge is 0.446 e. The fourth-order valence-electron chi connectivity index (χ4n) is 6.09. The number of hydrogen-bond donors (Lipinski definition) is 3. The number of rotatable bonds is 14. The minimum Gasteiger partial charge on any atom is -0.446 e. The van der Waals surface area contributed by atoms with E-state index in [9.17, 15) is 24.0 Å². The maximum atomic E-state index is 14.1. The minimum absolute atomic E-state index is 0.0130. The van der Waals surface area contributed by atoms with Crippen molar-refractivity contribution in [1.82, 2.24) is 30.9 Å². The first-order chi connectivity index (χ1) is 23.6. The van der Waals surface area contributed by atoms with E-state index in [-0.39, 0.29) is 48.6 Å². The van der Waals surface area contributed by atoms with E-state index in [0.29, 0.717) is 49.1 Å². The molecule has 3 aromatic heterocycles. The topological polar surface area (TPSA) is 205 Å². The summed E-state index contributed by atoms with van der Waals surface area (Å²) in [5.74, 6) is -2.57. The highest BCUT2D eigenvalue weighted by Crippen LogP contribution is 2.27. The summed E-state index contributed by atoms with van der Waals surface area (Å²) in [6, 6.07) is 5.18. The Morgan fingerprint density at radius 1 is 1.10 bits per heavy atom. The quantitative estimate of drug-likeness (QED) is 0.163. The van der Waals surface area contributed by atoms with Crippen molar-refractivity contribution in [2.24, 2.45) is 17.8 Å². The summed E-state index contributed by atoms with van der Waals surface area (Å²) in [5, 5.41) is 8.46. The molecule has 1 unspecified atom stereocenters. The van der Waals surface area contributed by atoms with E-state index >= 15 is 0 Å². The van der Waals surface area contributed by atoms with E-state index < -0.39 is 47.5 Å². The van der Waals surface area contributed by atoms with Crippen LogP contribution in [0.3, 0.4) is 0 Å². The van der Waals surface area contributed by atoms with Crippen LogP contribution in [0.15, 0.2) is 45.6 Å². The van der Waals surface area contributed by atoms with E-state index in [0.717, 1.165) is 4.70 Å². The molecule has 2 aliphatic rings. The Labute approximate surface area is 284 Å². The first kappa shape index (κ1) is 33.9. The van der Waals surface area contributed by atoms with Gasteiger partial charge < -0.3 is 34.3 Å². The van der Waals surface area contributed by atoms with Crippen LogP contribution in [-0.4, -0.2) is 76.3 Å². The molecular weight excluding hydrogens is 656 g/mol.